The largest absolute Gasteiger partial charge is 0.459 e. The third-order valence-electron chi connectivity index (χ3n) is 3.85. The molecule has 0 spiro atoms. The number of aryl methyl sites for hydroxylation is 2. The van der Waals surface area contributed by atoms with Crippen molar-refractivity contribution < 1.29 is 17.6 Å². The summed E-state index contributed by atoms with van der Waals surface area (Å²) in [5.74, 6) is -0.423. The summed E-state index contributed by atoms with van der Waals surface area (Å²) >= 11 is 6.01. The third kappa shape index (κ3) is 4.32. The first-order valence-electron chi connectivity index (χ1n) is 8.01. The van der Waals surface area contributed by atoms with Crippen molar-refractivity contribution in [2.45, 2.75) is 18.7 Å². The second-order valence-corrected chi connectivity index (χ2v) is 8.08. The predicted molar refractivity (Wildman–Crippen MR) is 105 cm³/mol. The molecular weight excluding hydrogens is 388 g/mol. The van der Waals surface area contributed by atoms with E-state index in [2.05, 4.69) is 10.0 Å². The van der Waals surface area contributed by atoms with E-state index in [1.54, 1.807) is 25.1 Å². The lowest BCUT2D eigenvalue weighted by Gasteiger charge is -2.15. The van der Waals surface area contributed by atoms with Crippen molar-refractivity contribution in [3.05, 3.63) is 76.7 Å². The minimum Gasteiger partial charge on any atom is -0.459 e. The van der Waals surface area contributed by atoms with E-state index in [0.717, 1.165) is 5.56 Å². The molecule has 3 aromatic rings. The van der Waals surface area contributed by atoms with Crippen LogP contribution in [-0.2, 0) is 10.0 Å². The van der Waals surface area contributed by atoms with E-state index in [4.69, 9.17) is 16.0 Å². The van der Waals surface area contributed by atoms with Crippen LogP contribution in [0.4, 0.5) is 11.4 Å². The number of rotatable bonds is 5. The summed E-state index contributed by atoms with van der Waals surface area (Å²) in [5, 5.41) is 2.96. The van der Waals surface area contributed by atoms with Crippen LogP contribution >= 0.6 is 11.6 Å². The van der Waals surface area contributed by atoms with Gasteiger partial charge in [0.25, 0.3) is 15.9 Å². The summed E-state index contributed by atoms with van der Waals surface area (Å²) in [7, 11) is -3.86. The number of sulfonamides is 1. The lowest BCUT2D eigenvalue weighted by Crippen LogP contribution is -2.17. The molecule has 0 atom stereocenters. The van der Waals surface area contributed by atoms with E-state index in [9.17, 15) is 13.2 Å². The highest BCUT2D eigenvalue weighted by Crippen LogP contribution is 2.29. The highest BCUT2D eigenvalue weighted by atomic mass is 35.5. The van der Waals surface area contributed by atoms with Crippen LogP contribution in [0.1, 0.15) is 21.7 Å². The Bertz CT molecular complexity index is 1090. The van der Waals surface area contributed by atoms with Crippen LogP contribution in [0.3, 0.4) is 0 Å². The van der Waals surface area contributed by atoms with E-state index in [-0.39, 0.29) is 22.0 Å². The predicted octanol–water partition coefficient (Wildman–Crippen LogP) is 4.60. The van der Waals surface area contributed by atoms with E-state index < -0.39 is 15.9 Å². The van der Waals surface area contributed by atoms with E-state index >= 15 is 0 Å². The van der Waals surface area contributed by atoms with Crippen LogP contribution in [-0.4, -0.2) is 14.3 Å². The van der Waals surface area contributed by atoms with Crippen molar-refractivity contribution in [1.82, 2.24) is 0 Å². The van der Waals surface area contributed by atoms with Crippen molar-refractivity contribution >= 4 is 38.9 Å². The fourth-order valence-electron chi connectivity index (χ4n) is 2.50. The lowest BCUT2D eigenvalue weighted by molar-refractivity contribution is 0.0996. The number of carbonyl (C=O) groups is 1. The number of halogens is 1. The number of amides is 1. The highest BCUT2D eigenvalue weighted by molar-refractivity contribution is 7.92. The standard InChI is InChI=1S/C19H17ClN2O4S/c1-12-5-6-13(2)18(10-12)27(24,25)22-15-8-7-14(20)11-16(15)21-19(23)17-4-3-9-26-17/h3-11,22H,1-2H3,(H,21,23). The van der Waals surface area contributed by atoms with Crippen LogP contribution in [0.25, 0.3) is 0 Å². The van der Waals surface area contributed by atoms with Gasteiger partial charge in [-0.05, 0) is 61.4 Å². The first-order chi connectivity index (χ1) is 12.8. The van der Waals surface area contributed by atoms with Gasteiger partial charge in [-0.1, -0.05) is 23.7 Å². The Morgan fingerprint density at radius 2 is 1.81 bits per heavy atom. The maximum atomic E-state index is 12.9. The third-order valence-corrected chi connectivity index (χ3v) is 5.59. The monoisotopic (exact) mass is 404 g/mol. The molecule has 27 heavy (non-hydrogen) atoms. The molecule has 6 nitrogen and oxygen atoms in total. The second kappa shape index (κ2) is 7.46. The van der Waals surface area contributed by atoms with Crippen molar-refractivity contribution in [1.29, 1.82) is 0 Å². The van der Waals surface area contributed by atoms with Crippen molar-refractivity contribution in [2.75, 3.05) is 10.0 Å². The first-order valence-corrected chi connectivity index (χ1v) is 9.87. The van der Waals surface area contributed by atoms with Gasteiger partial charge in [0.1, 0.15) is 0 Å². The SMILES string of the molecule is Cc1ccc(C)c(S(=O)(=O)Nc2ccc(Cl)cc2NC(=O)c2ccco2)c1. The van der Waals surface area contributed by atoms with Gasteiger partial charge in [0.05, 0.1) is 22.5 Å². The Morgan fingerprint density at radius 1 is 1.04 bits per heavy atom. The van der Waals surface area contributed by atoms with E-state index in [1.807, 2.05) is 13.0 Å². The molecule has 140 valence electrons. The second-order valence-electron chi connectivity index (χ2n) is 6.00. The van der Waals surface area contributed by atoms with Gasteiger partial charge in [-0.3, -0.25) is 9.52 Å². The van der Waals surface area contributed by atoms with Crippen molar-refractivity contribution in [3.8, 4) is 0 Å². The summed E-state index contributed by atoms with van der Waals surface area (Å²) in [6.07, 6.45) is 1.37. The molecule has 2 N–H and O–H groups in total. The zero-order valence-electron chi connectivity index (χ0n) is 14.6. The van der Waals surface area contributed by atoms with Gasteiger partial charge < -0.3 is 9.73 Å². The molecule has 0 aliphatic rings. The topological polar surface area (TPSA) is 88.4 Å². The molecule has 1 aromatic heterocycles. The number of hydrogen-bond acceptors (Lipinski definition) is 4. The van der Waals surface area contributed by atoms with Crippen molar-refractivity contribution in [3.63, 3.8) is 0 Å². The van der Waals surface area contributed by atoms with Crippen LogP contribution < -0.4 is 10.0 Å². The maximum absolute atomic E-state index is 12.9. The van der Waals surface area contributed by atoms with Gasteiger partial charge in [0, 0.05) is 5.02 Å². The molecule has 3 rings (SSSR count). The molecule has 1 heterocycles. The Morgan fingerprint density at radius 3 is 2.52 bits per heavy atom. The summed E-state index contributed by atoms with van der Waals surface area (Å²) < 4.78 is 33.3. The maximum Gasteiger partial charge on any atom is 0.291 e. The number of furan rings is 1. The summed E-state index contributed by atoms with van der Waals surface area (Å²) in [4.78, 5) is 12.4. The number of anilines is 2. The number of nitrogens with one attached hydrogen (secondary N) is 2. The quantitative estimate of drug-likeness (QED) is 0.650. The molecule has 0 radical (unpaired) electrons. The number of benzene rings is 2. The molecule has 1 amide bonds. The van der Waals surface area contributed by atoms with Gasteiger partial charge in [-0.15, -0.1) is 0 Å². The van der Waals surface area contributed by atoms with Gasteiger partial charge in [-0.2, -0.15) is 0 Å². The molecule has 0 aliphatic carbocycles. The zero-order valence-corrected chi connectivity index (χ0v) is 16.2. The fraction of sp³-hybridized carbons (Fsp3) is 0.105. The first kappa shape index (κ1) is 19.0. The van der Waals surface area contributed by atoms with Gasteiger partial charge in [0.2, 0.25) is 0 Å². The number of carbonyl (C=O) groups excluding carboxylic acids is 1. The molecule has 0 fully saturated rings. The Balaban J connectivity index is 1.95. The van der Waals surface area contributed by atoms with Crippen LogP contribution in [0.15, 0.2) is 64.1 Å². The van der Waals surface area contributed by atoms with Crippen LogP contribution in [0.2, 0.25) is 5.02 Å². The smallest absolute Gasteiger partial charge is 0.291 e. The Labute approximate surface area is 162 Å². The average molecular weight is 405 g/mol. The van der Waals surface area contributed by atoms with Crippen LogP contribution in [0, 0.1) is 13.8 Å². The van der Waals surface area contributed by atoms with Crippen molar-refractivity contribution in [2.24, 2.45) is 0 Å². The highest BCUT2D eigenvalue weighted by Gasteiger charge is 2.20. The average Bonchev–Trinajstić information content (AvgIpc) is 3.14. The minimum atomic E-state index is -3.86. The zero-order chi connectivity index (χ0) is 19.6. The molecule has 8 heteroatoms. The van der Waals surface area contributed by atoms with Gasteiger partial charge >= 0.3 is 0 Å². The van der Waals surface area contributed by atoms with Crippen LogP contribution in [0.5, 0.6) is 0 Å². The minimum absolute atomic E-state index is 0.0957. The fourth-order valence-corrected chi connectivity index (χ4v) is 4.08. The summed E-state index contributed by atoms with van der Waals surface area (Å²) in [6, 6.07) is 12.7. The molecule has 0 saturated carbocycles. The molecule has 0 bridgehead atoms. The molecular formula is C19H17ClN2O4S. The molecule has 2 aromatic carbocycles. The van der Waals surface area contributed by atoms with E-state index in [0.29, 0.717) is 10.6 Å². The Hall–Kier alpha value is -2.77. The lowest BCUT2D eigenvalue weighted by atomic mass is 10.2. The summed E-state index contributed by atoms with van der Waals surface area (Å²) in [6.45, 7) is 3.53. The molecule has 0 saturated heterocycles. The number of hydrogen-bond donors (Lipinski definition) is 2. The Kier molecular flexibility index (Phi) is 5.25. The van der Waals surface area contributed by atoms with Gasteiger partial charge in [0.15, 0.2) is 5.76 Å². The summed E-state index contributed by atoms with van der Waals surface area (Å²) in [5.41, 5.74) is 1.85. The van der Waals surface area contributed by atoms with Gasteiger partial charge in [-0.25, -0.2) is 8.42 Å². The molecule has 0 unspecified atom stereocenters. The normalized spacial score (nSPS) is 11.2. The molecule has 0 aliphatic heterocycles. The van der Waals surface area contributed by atoms with E-state index in [1.165, 1.54) is 30.5 Å².